The van der Waals surface area contributed by atoms with Gasteiger partial charge in [0.2, 0.25) is 5.75 Å². The first-order valence-corrected chi connectivity index (χ1v) is 9.01. The molecule has 2 rings (SSSR count). The number of hydrogen-bond donors (Lipinski definition) is 0. The van der Waals surface area contributed by atoms with Gasteiger partial charge in [0.25, 0.3) is 5.91 Å². The molecule has 1 aromatic carbocycles. The molecule has 148 valence electrons. The van der Waals surface area contributed by atoms with Gasteiger partial charge >= 0.3 is 5.97 Å². The van der Waals surface area contributed by atoms with Crippen LogP contribution in [0.5, 0.6) is 17.2 Å². The lowest BCUT2D eigenvalue weighted by atomic mass is 10.1. The third-order valence-corrected chi connectivity index (χ3v) is 4.40. The molecular formula is C20H27NO6. The van der Waals surface area contributed by atoms with Crippen molar-refractivity contribution < 1.29 is 28.5 Å². The number of carbonyl (C=O) groups excluding carboxylic acids is 2. The van der Waals surface area contributed by atoms with Crippen LogP contribution in [0.2, 0.25) is 0 Å². The highest BCUT2D eigenvalue weighted by atomic mass is 16.5. The number of esters is 1. The number of amides is 1. The standard InChI is InChI=1S/C20H27NO6/c1-24-16-12-15(13-17(25-2)20(16)26-3)8-9-19(23)27-14-18(22)21-10-6-4-5-7-11-21/h8-9,12-13H,4-7,10-11,14H2,1-3H3/b9-8+. The minimum Gasteiger partial charge on any atom is -0.493 e. The average Bonchev–Trinajstić information content (AvgIpc) is 2.99. The van der Waals surface area contributed by atoms with Crippen LogP contribution in [0.3, 0.4) is 0 Å². The normalized spacial score (nSPS) is 14.6. The van der Waals surface area contributed by atoms with Crippen molar-refractivity contribution in [3.05, 3.63) is 23.8 Å². The fourth-order valence-corrected chi connectivity index (χ4v) is 2.95. The van der Waals surface area contributed by atoms with Gasteiger partial charge in [-0.3, -0.25) is 4.79 Å². The van der Waals surface area contributed by atoms with E-state index in [9.17, 15) is 9.59 Å². The summed E-state index contributed by atoms with van der Waals surface area (Å²) in [6.07, 6.45) is 7.13. The van der Waals surface area contributed by atoms with E-state index in [1.54, 1.807) is 23.1 Å². The molecule has 1 fully saturated rings. The number of ether oxygens (including phenoxy) is 4. The Kier molecular flexibility index (Phi) is 7.98. The van der Waals surface area contributed by atoms with Gasteiger partial charge in [0.05, 0.1) is 21.3 Å². The minimum atomic E-state index is -0.577. The summed E-state index contributed by atoms with van der Waals surface area (Å²) in [6.45, 7) is 1.23. The van der Waals surface area contributed by atoms with Crippen LogP contribution in [-0.2, 0) is 14.3 Å². The highest BCUT2D eigenvalue weighted by Crippen LogP contribution is 2.38. The molecule has 1 aliphatic heterocycles. The fourth-order valence-electron chi connectivity index (χ4n) is 2.95. The lowest BCUT2D eigenvalue weighted by Gasteiger charge is -2.19. The SMILES string of the molecule is COc1cc(/C=C/C(=O)OCC(=O)N2CCCCCC2)cc(OC)c1OC. The van der Waals surface area contributed by atoms with E-state index in [0.29, 0.717) is 22.8 Å². The van der Waals surface area contributed by atoms with Crippen LogP contribution in [0.15, 0.2) is 18.2 Å². The summed E-state index contributed by atoms with van der Waals surface area (Å²) in [5.41, 5.74) is 0.681. The largest absolute Gasteiger partial charge is 0.493 e. The number of benzene rings is 1. The van der Waals surface area contributed by atoms with E-state index in [2.05, 4.69) is 0 Å². The highest BCUT2D eigenvalue weighted by molar-refractivity contribution is 5.89. The summed E-state index contributed by atoms with van der Waals surface area (Å²) in [5, 5.41) is 0. The van der Waals surface area contributed by atoms with Gasteiger partial charge in [0.1, 0.15) is 0 Å². The van der Waals surface area contributed by atoms with Gasteiger partial charge in [-0.15, -0.1) is 0 Å². The van der Waals surface area contributed by atoms with Gasteiger partial charge < -0.3 is 23.8 Å². The van der Waals surface area contributed by atoms with E-state index >= 15 is 0 Å². The van der Waals surface area contributed by atoms with Crippen molar-refractivity contribution in [1.29, 1.82) is 0 Å². The number of nitrogens with zero attached hydrogens (tertiary/aromatic N) is 1. The molecule has 0 atom stereocenters. The molecule has 27 heavy (non-hydrogen) atoms. The van der Waals surface area contributed by atoms with Gasteiger partial charge in [0.15, 0.2) is 18.1 Å². The molecule has 7 nitrogen and oxygen atoms in total. The third-order valence-electron chi connectivity index (χ3n) is 4.40. The van der Waals surface area contributed by atoms with Crippen molar-refractivity contribution >= 4 is 18.0 Å². The molecule has 1 amide bonds. The Morgan fingerprint density at radius 3 is 2.07 bits per heavy atom. The average molecular weight is 377 g/mol. The minimum absolute atomic E-state index is 0.147. The quantitative estimate of drug-likeness (QED) is 0.537. The second-order valence-electron chi connectivity index (χ2n) is 6.19. The zero-order valence-electron chi connectivity index (χ0n) is 16.2. The number of hydrogen-bond acceptors (Lipinski definition) is 6. The highest BCUT2D eigenvalue weighted by Gasteiger charge is 2.17. The van der Waals surface area contributed by atoms with E-state index < -0.39 is 5.97 Å². The van der Waals surface area contributed by atoms with Gasteiger partial charge in [-0.1, -0.05) is 12.8 Å². The molecule has 1 aromatic rings. The van der Waals surface area contributed by atoms with E-state index in [-0.39, 0.29) is 12.5 Å². The molecular weight excluding hydrogens is 350 g/mol. The Balaban J connectivity index is 1.94. The van der Waals surface area contributed by atoms with Crippen molar-refractivity contribution in [3.63, 3.8) is 0 Å². The predicted molar refractivity (Wildman–Crippen MR) is 101 cm³/mol. The van der Waals surface area contributed by atoms with Gasteiger partial charge in [-0.2, -0.15) is 0 Å². The van der Waals surface area contributed by atoms with E-state index in [1.165, 1.54) is 27.4 Å². The molecule has 0 unspecified atom stereocenters. The first-order valence-electron chi connectivity index (χ1n) is 9.01. The summed E-state index contributed by atoms with van der Waals surface area (Å²) in [4.78, 5) is 25.8. The van der Waals surface area contributed by atoms with Crippen LogP contribution in [0.1, 0.15) is 31.2 Å². The number of rotatable bonds is 7. The number of likely N-dealkylation sites (tertiary alicyclic amines) is 1. The lowest BCUT2D eigenvalue weighted by Crippen LogP contribution is -2.35. The smallest absolute Gasteiger partial charge is 0.331 e. The van der Waals surface area contributed by atoms with Crippen molar-refractivity contribution in [2.45, 2.75) is 25.7 Å². The van der Waals surface area contributed by atoms with Crippen LogP contribution in [0.25, 0.3) is 6.08 Å². The molecule has 0 aromatic heterocycles. The summed E-state index contributed by atoms with van der Waals surface area (Å²) in [7, 11) is 4.57. The van der Waals surface area contributed by atoms with Crippen LogP contribution in [0, 0.1) is 0 Å². The Bertz CT molecular complexity index is 652. The van der Waals surface area contributed by atoms with E-state index in [0.717, 1.165) is 38.8 Å². The van der Waals surface area contributed by atoms with Crippen LogP contribution < -0.4 is 14.2 Å². The Morgan fingerprint density at radius 1 is 0.963 bits per heavy atom. The zero-order valence-corrected chi connectivity index (χ0v) is 16.2. The summed E-state index contributed by atoms with van der Waals surface area (Å²) in [5.74, 6) is 0.726. The summed E-state index contributed by atoms with van der Waals surface area (Å²) < 4.78 is 20.9. The molecule has 1 aliphatic rings. The predicted octanol–water partition coefficient (Wildman–Crippen LogP) is 2.67. The Morgan fingerprint density at radius 2 is 1.56 bits per heavy atom. The maximum absolute atomic E-state index is 12.1. The third kappa shape index (κ3) is 5.91. The first kappa shape index (κ1) is 20.6. The second kappa shape index (κ2) is 10.4. The number of carbonyl (C=O) groups is 2. The summed E-state index contributed by atoms with van der Waals surface area (Å²) in [6, 6.07) is 3.43. The molecule has 0 N–H and O–H groups in total. The number of methoxy groups -OCH3 is 3. The molecule has 0 radical (unpaired) electrons. The van der Waals surface area contributed by atoms with Crippen molar-refractivity contribution in [3.8, 4) is 17.2 Å². The molecule has 0 bridgehead atoms. The zero-order chi connectivity index (χ0) is 19.6. The molecule has 1 heterocycles. The van der Waals surface area contributed by atoms with Crippen LogP contribution in [0.4, 0.5) is 0 Å². The van der Waals surface area contributed by atoms with Crippen molar-refractivity contribution in [2.24, 2.45) is 0 Å². The Hall–Kier alpha value is -2.70. The fraction of sp³-hybridized carbons (Fsp3) is 0.500. The Labute approximate surface area is 159 Å². The van der Waals surface area contributed by atoms with Gasteiger partial charge in [-0.05, 0) is 36.6 Å². The molecule has 1 saturated heterocycles. The molecule has 0 saturated carbocycles. The second-order valence-corrected chi connectivity index (χ2v) is 6.19. The van der Waals surface area contributed by atoms with Gasteiger partial charge in [-0.25, -0.2) is 4.79 Å². The van der Waals surface area contributed by atoms with E-state index in [4.69, 9.17) is 18.9 Å². The molecule has 0 spiro atoms. The van der Waals surface area contributed by atoms with Crippen molar-refractivity contribution in [1.82, 2.24) is 4.90 Å². The maximum atomic E-state index is 12.1. The van der Waals surface area contributed by atoms with Crippen molar-refractivity contribution in [2.75, 3.05) is 41.0 Å². The molecule has 7 heteroatoms. The lowest BCUT2D eigenvalue weighted by molar-refractivity contribution is -0.148. The van der Waals surface area contributed by atoms with Crippen LogP contribution in [-0.4, -0.2) is 57.8 Å². The van der Waals surface area contributed by atoms with Gasteiger partial charge in [0, 0.05) is 19.2 Å². The topological polar surface area (TPSA) is 74.3 Å². The van der Waals surface area contributed by atoms with E-state index in [1.807, 2.05) is 0 Å². The van der Waals surface area contributed by atoms with Crippen LogP contribution >= 0.6 is 0 Å². The maximum Gasteiger partial charge on any atom is 0.331 e. The first-order chi connectivity index (χ1) is 13.1. The summed E-state index contributed by atoms with van der Waals surface area (Å²) >= 11 is 0. The monoisotopic (exact) mass is 377 g/mol. The molecule has 0 aliphatic carbocycles.